The second-order valence-corrected chi connectivity index (χ2v) is 4.82. The predicted octanol–water partition coefficient (Wildman–Crippen LogP) is 3.47. The van der Waals surface area contributed by atoms with Gasteiger partial charge in [-0.15, -0.1) is 6.58 Å². The molecule has 0 N–H and O–H groups in total. The number of ether oxygens (including phenoxy) is 1. The lowest BCUT2D eigenvalue weighted by Crippen LogP contribution is -2.22. The molecule has 0 radical (unpaired) electrons. The summed E-state index contributed by atoms with van der Waals surface area (Å²) in [5.41, 5.74) is 1.66. The van der Waals surface area contributed by atoms with E-state index in [0.717, 1.165) is 16.6 Å². The van der Waals surface area contributed by atoms with E-state index in [4.69, 9.17) is 4.74 Å². The number of allylic oxidation sites excluding steroid dienone is 1. The molecule has 0 aliphatic rings. The molecule has 0 unspecified atom stereocenters. The molecule has 1 aromatic heterocycles. The molecule has 0 bridgehead atoms. The average molecular weight is 323 g/mol. The number of hydrogen-bond acceptors (Lipinski definition) is 2. The van der Waals surface area contributed by atoms with E-state index in [-0.39, 0.29) is 13.0 Å². The van der Waals surface area contributed by atoms with Gasteiger partial charge in [-0.1, -0.05) is 13.0 Å². The highest BCUT2D eigenvalue weighted by atomic mass is 79.9. The molecular formula is C12H17BrF2N2O. The average Bonchev–Trinajstić information content (AvgIpc) is 2.53. The van der Waals surface area contributed by atoms with Crippen molar-refractivity contribution in [2.24, 2.45) is 7.05 Å². The summed E-state index contributed by atoms with van der Waals surface area (Å²) in [5, 5.41) is 4.23. The van der Waals surface area contributed by atoms with Crippen LogP contribution in [0.4, 0.5) is 8.78 Å². The highest BCUT2D eigenvalue weighted by Crippen LogP contribution is 2.24. The quantitative estimate of drug-likeness (QED) is 0.719. The molecule has 0 saturated carbocycles. The minimum Gasteiger partial charge on any atom is -0.369 e. The Morgan fingerprint density at radius 3 is 2.72 bits per heavy atom. The van der Waals surface area contributed by atoms with Crippen molar-refractivity contribution < 1.29 is 13.5 Å². The molecule has 1 heterocycles. The monoisotopic (exact) mass is 322 g/mol. The van der Waals surface area contributed by atoms with Crippen LogP contribution in [0.3, 0.4) is 0 Å². The number of rotatable bonds is 7. The van der Waals surface area contributed by atoms with Gasteiger partial charge in [0.2, 0.25) is 0 Å². The van der Waals surface area contributed by atoms with Crippen molar-refractivity contribution in [2.45, 2.75) is 32.3 Å². The van der Waals surface area contributed by atoms with Gasteiger partial charge < -0.3 is 4.74 Å². The van der Waals surface area contributed by atoms with Crippen LogP contribution in [0.1, 0.15) is 24.7 Å². The number of hydrogen-bond donors (Lipinski definition) is 0. The van der Waals surface area contributed by atoms with Crippen LogP contribution in [-0.2, 0) is 24.8 Å². The normalized spacial score (nSPS) is 11.8. The van der Waals surface area contributed by atoms with E-state index < -0.39 is 12.5 Å². The Morgan fingerprint density at radius 2 is 2.22 bits per heavy atom. The first kappa shape index (κ1) is 15.3. The van der Waals surface area contributed by atoms with Gasteiger partial charge in [-0.3, -0.25) is 4.68 Å². The van der Waals surface area contributed by atoms with Gasteiger partial charge in [-0.05, 0) is 22.4 Å². The van der Waals surface area contributed by atoms with Gasteiger partial charge in [0.05, 0.1) is 16.8 Å². The molecule has 1 rings (SSSR count). The standard InChI is InChI=1S/C12H17BrF2N2O/c1-4-6-12(14,15)8-18-7-9-11(13)10(5-2)17(3)16-9/h4H,1,5-8H2,2-3H3. The van der Waals surface area contributed by atoms with Crippen LogP contribution >= 0.6 is 15.9 Å². The maximum absolute atomic E-state index is 13.1. The van der Waals surface area contributed by atoms with Crippen LogP contribution in [0, 0.1) is 0 Å². The maximum Gasteiger partial charge on any atom is 0.274 e. The fraction of sp³-hybridized carbons (Fsp3) is 0.583. The lowest BCUT2D eigenvalue weighted by molar-refractivity contribution is -0.0794. The Balaban J connectivity index is 2.57. The first-order chi connectivity index (χ1) is 8.41. The first-order valence-electron chi connectivity index (χ1n) is 5.68. The zero-order chi connectivity index (χ0) is 13.8. The van der Waals surface area contributed by atoms with Crippen molar-refractivity contribution >= 4 is 15.9 Å². The smallest absolute Gasteiger partial charge is 0.274 e. The van der Waals surface area contributed by atoms with E-state index >= 15 is 0 Å². The minimum absolute atomic E-state index is 0.0706. The Kier molecular flexibility index (Phi) is 5.47. The summed E-state index contributed by atoms with van der Waals surface area (Å²) in [6, 6.07) is 0. The fourth-order valence-corrected chi connectivity index (χ4v) is 2.37. The number of alkyl halides is 2. The predicted molar refractivity (Wildman–Crippen MR) is 69.7 cm³/mol. The van der Waals surface area contributed by atoms with Gasteiger partial charge in [0.25, 0.3) is 5.92 Å². The van der Waals surface area contributed by atoms with E-state index in [1.54, 1.807) is 4.68 Å². The zero-order valence-corrected chi connectivity index (χ0v) is 12.1. The SMILES string of the molecule is C=CCC(F)(F)COCc1nn(C)c(CC)c1Br. The molecule has 0 fully saturated rings. The van der Waals surface area contributed by atoms with E-state index in [1.807, 2.05) is 14.0 Å². The van der Waals surface area contributed by atoms with Gasteiger partial charge in [0.15, 0.2) is 0 Å². The number of aryl methyl sites for hydroxylation is 1. The molecule has 18 heavy (non-hydrogen) atoms. The summed E-state index contributed by atoms with van der Waals surface area (Å²) in [4.78, 5) is 0. The summed E-state index contributed by atoms with van der Waals surface area (Å²) in [6.45, 7) is 4.75. The third kappa shape index (κ3) is 3.88. The minimum atomic E-state index is -2.86. The summed E-state index contributed by atoms with van der Waals surface area (Å²) in [6.07, 6.45) is 1.63. The Labute approximate surface area is 114 Å². The van der Waals surface area contributed by atoms with Crippen molar-refractivity contribution in [1.29, 1.82) is 0 Å². The number of aromatic nitrogens is 2. The van der Waals surface area contributed by atoms with E-state index in [1.165, 1.54) is 6.08 Å². The second-order valence-electron chi connectivity index (χ2n) is 4.03. The molecule has 1 aromatic rings. The molecule has 0 amide bonds. The zero-order valence-electron chi connectivity index (χ0n) is 10.5. The van der Waals surface area contributed by atoms with Gasteiger partial charge in [0.1, 0.15) is 12.3 Å². The lowest BCUT2D eigenvalue weighted by atomic mass is 10.2. The third-order valence-electron chi connectivity index (χ3n) is 2.50. The largest absolute Gasteiger partial charge is 0.369 e. The van der Waals surface area contributed by atoms with Crippen molar-refractivity contribution in [3.05, 3.63) is 28.5 Å². The topological polar surface area (TPSA) is 27.1 Å². The van der Waals surface area contributed by atoms with Gasteiger partial charge >= 0.3 is 0 Å². The molecule has 0 atom stereocenters. The number of nitrogens with zero attached hydrogens (tertiary/aromatic N) is 2. The van der Waals surface area contributed by atoms with Crippen molar-refractivity contribution in [1.82, 2.24) is 9.78 Å². The highest BCUT2D eigenvalue weighted by molar-refractivity contribution is 9.10. The molecule has 102 valence electrons. The summed E-state index contributed by atoms with van der Waals surface area (Å²) in [5.74, 6) is -2.86. The fourth-order valence-electron chi connectivity index (χ4n) is 1.64. The second kappa shape index (κ2) is 6.43. The molecule has 0 aliphatic carbocycles. The highest BCUT2D eigenvalue weighted by Gasteiger charge is 2.27. The van der Waals surface area contributed by atoms with Crippen LogP contribution in [0.25, 0.3) is 0 Å². The van der Waals surface area contributed by atoms with E-state index in [2.05, 4.69) is 27.6 Å². The number of halogens is 3. The summed E-state index contributed by atoms with van der Waals surface area (Å²) >= 11 is 3.41. The van der Waals surface area contributed by atoms with Gasteiger partial charge in [0, 0.05) is 13.5 Å². The molecular weight excluding hydrogens is 306 g/mol. The van der Waals surface area contributed by atoms with Crippen LogP contribution in [0.2, 0.25) is 0 Å². The van der Waals surface area contributed by atoms with Gasteiger partial charge in [-0.25, -0.2) is 8.78 Å². The van der Waals surface area contributed by atoms with Crippen LogP contribution in [0.5, 0.6) is 0 Å². The van der Waals surface area contributed by atoms with Crippen molar-refractivity contribution in [3.63, 3.8) is 0 Å². The van der Waals surface area contributed by atoms with Crippen LogP contribution < -0.4 is 0 Å². The maximum atomic E-state index is 13.1. The van der Waals surface area contributed by atoms with E-state index in [0.29, 0.717) is 5.69 Å². The van der Waals surface area contributed by atoms with Crippen LogP contribution in [-0.4, -0.2) is 22.3 Å². The molecule has 6 heteroatoms. The molecule has 3 nitrogen and oxygen atoms in total. The third-order valence-corrected chi connectivity index (χ3v) is 3.41. The van der Waals surface area contributed by atoms with Crippen molar-refractivity contribution in [3.8, 4) is 0 Å². The summed E-state index contributed by atoms with van der Waals surface area (Å²) in [7, 11) is 1.82. The van der Waals surface area contributed by atoms with Gasteiger partial charge in [-0.2, -0.15) is 5.10 Å². The molecule has 0 aliphatic heterocycles. The van der Waals surface area contributed by atoms with Crippen molar-refractivity contribution in [2.75, 3.05) is 6.61 Å². The Hall–Kier alpha value is -0.750. The first-order valence-corrected chi connectivity index (χ1v) is 6.47. The summed E-state index contributed by atoms with van der Waals surface area (Å²) < 4.78 is 33.9. The Morgan fingerprint density at radius 1 is 1.56 bits per heavy atom. The molecule has 0 saturated heterocycles. The van der Waals surface area contributed by atoms with Crippen LogP contribution in [0.15, 0.2) is 17.1 Å². The van der Waals surface area contributed by atoms with E-state index in [9.17, 15) is 8.78 Å². The Bertz CT molecular complexity index is 418. The molecule has 0 spiro atoms. The molecule has 0 aromatic carbocycles. The lowest BCUT2D eigenvalue weighted by Gasteiger charge is -2.13.